The van der Waals surface area contributed by atoms with E-state index in [0.717, 1.165) is 0 Å². The van der Waals surface area contributed by atoms with Crippen LogP contribution in [0.15, 0.2) is 0 Å². The molecule has 0 nitrogen and oxygen atoms in total. The van der Waals surface area contributed by atoms with Crippen LogP contribution in [0.25, 0.3) is 0 Å². The van der Waals surface area contributed by atoms with E-state index in [9.17, 15) is 0 Å². The van der Waals surface area contributed by atoms with Gasteiger partial charge in [0.1, 0.15) is 0 Å². The van der Waals surface area contributed by atoms with Gasteiger partial charge in [-0.05, 0) is 209 Å². The molecule has 0 aliphatic heterocycles. The minimum atomic E-state index is 1.17. The highest BCUT2D eigenvalue weighted by Gasteiger charge is 4.03. The van der Waals surface area contributed by atoms with Gasteiger partial charge >= 0.3 is 0 Å². The molecule has 0 aromatic rings. The zero-order chi connectivity index (χ0) is 27.6. The number of hydrogen-bond donors (Lipinski definition) is 0. The van der Waals surface area contributed by atoms with Crippen molar-refractivity contribution in [2.24, 2.45) is 239 Å². The van der Waals surface area contributed by atoms with Crippen molar-refractivity contribution in [3.63, 3.8) is 0 Å². The average molecular weight is 655 g/mol. The Bertz CT molecular complexity index is 4770. The molecule has 0 amide bonds. The van der Waals surface area contributed by atoms with Gasteiger partial charge in [0.2, 0.25) is 0 Å². The molecule has 52 aliphatic carbocycles. The van der Waals surface area contributed by atoms with E-state index in [1.54, 1.807) is 12.8 Å². The van der Waals surface area contributed by atoms with Crippen LogP contribution in [-0.2, 0) is 0 Å². The van der Waals surface area contributed by atoms with Crippen molar-refractivity contribution in [2.75, 3.05) is 0 Å². The lowest BCUT2D eigenvalue weighted by Crippen LogP contribution is -2.23. The van der Waals surface area contributed by atoms with Crippen LogP contribution in [0, 0.1) is 283 Å². The lowest BCUT2D eigenvalue weighted by atomic mass is 9.77. The summed E-state index contributed by atoms with van der Waals surface area (Å²) in [5.41, 5.74) is 61.8. The molecule has 48 unspecified atom stereocenters. The molecule has 0 heteroatoms. The predicted molar refractivity (Wildman–Crippen MR) is 144 cm³/mol. The Balaban J connectivity index is 0.439. The Kier molecular flexibility index (Phi) is 0.385. The summed E-state index contributed by atoms with van der Waals surface area (Å²) in [6, 6.07) is 0. The fourth-order valence-electron chi connectivity index (χ4n) is 68.0. The van der Waals surface area contributed by atoms with Gasteiger partial charge in [0, 0.05) is 86.6 Å². The molecule has 0 aromatic carbocycles. The maximum absolute atomic E-state index is 1.78. The quantitative estimate of drug-likeness (QED) is 0.374. The van der Waals surface area contributed by atoms with Crippen LogP contribution in [0.1, 0.15) is 12.8 Å². The first-order valence-corrected chi connectivity index (χ1v) is 26.9. The summed E-state index contributed by atoms with van der Waals surface area (Å²) in [5.74, 6) is 2.79. The van der Waals surface area contributed by atoms with Crippen LogP contribution in [0.3, 0.4) is 0 Å². The summed E-state index contributed by atoms with van der Waals surface area (Å²) in [5, 5.41) is 0. The van der Waals surface area contributed by atoms with Crippen molar-refractivity contribution in [3.8, 4) is 0 Å². The van der Waals surface area contributed by atoms with Gasteiger partial charge in [0.05, 0.1) is 0 Å². The van der Waals surface area contributed by atoms with E-state index in [1.165, 1.54) is 283 Å². The van der Waals surface area contributed by atoms with Crippen molar-refractivity contribution in [2.45, 2.75) is 12.8 Å². The molecule has 0 heterocycles. The van der Waals surface area contributed by atoms with E-state index < -0.39 is 0 Å². The first kappa shape index (κ1) is 13.8. The van der Waals surface area contributed by atoms with E-state index in [0.29, 0.717) is 0 Å². The van der Waals surface area contributed by atoms with Gasteiger partial charge in [-0.25, -0.2) is 0 Å². The third-order valence-corrected chi connectivity index (χ3v) is 55.0. The highest BCUT2D eigenvalue weighted by atomic mass is 16.0. The summed E-state index contributed by atoms with van der Waals surface area (Å²) in [6.07, 6.45) is 3.57. The predicted octanol–water partition coefficient (Wildman–Crippen LogP) is 1.68. The summed E-state index contributed by atoms with van der Waals surface area (Å²) >= 11 is 0. The standard InChI is InChI=1S/C54H6/c1-3-5(1)7(3)9(5)11(7)13(9)15(11)17(13)19(15)21(17)23(19)25(21)27(23)29(25)31(27)33(29)35(31)37(33)39(35)41(37)43(39)45(41)47(43)49(45)51(47)53(49)52-48-44-40-36-32-28-24-20-16-12-8-4-2-6(4,8)10(8,12)14(12,16)18(16,20)22(20,24)26(24,28)30(28,32)34(32,36)38(36,40)42(40,44)46(44,48)50(48,52)54(51,52)53/h3-4H,1-2H2. The molecule has 52 saturated carbocycles. The first-order valence-electron chi connectivity index (χ1n) is 26.9. The second-order valence-electron chi connectivity index (χ2n) is 39.6. The van der Waals surface area contributed by atoms with Crippen molar-refractivity contribution >= 4 is 0 Å². The van der Waals surface area contributed by atoms with Crippen LogP contribution in [0.2, 0.25) is 0 Å². The van der Waals surface area contributed by atoms with E-state index in [1.807, 2.05) is 0 Å². The molecule has 52 fully saturated rings. The van der Waals surface area contributed by atoms with Gasteiger partial charge in [-0.3, -0.25) is 0 Å². The Hall–Kier alpha value is 0. The largest absolute Gasteiger partial charge is 0.0421 e. The molecule has 52 rings (SSSR count). The zero-order valence-electron chi connectivity index (χ0n) is 27.6. The fourth-order valence-corrected chi connectivity index (χ4v) is 68.0. The maximum Gasteiger partial charge on any atom is 0 e. The van der Waals surface area contributed by atoms with Gasteiger partial charge in [-0.2, -0.15) is 0 Å². The highest BCUT2D eigenvalue weighted by molar-refractivity contribution is 6.81. The minimum absolute atomic E-state index is 1.17. The van der Waals surface area contributed by atoms with Gasteiger partial charge in [0.15, 0.2) is 0 Å². The minimum Gasteiger partial charge on any atom is -0.0421 e. The van der Waals surface area contributed by atoms with Crippen LogP contribution in [0.4, 0.5) is 0 Å². The topological polar surface area (TPSA) is 0 Å². The average Bonchev–Trinajstić information content (AvgIpc) is 3.84. The van der Waals surface area contributed by atoms with E-state index in [2.05, 4.69) is 0 Å². The molecule has 222 valence electrons. The molecular formula is C54H6. The maximum atomic E-state index is 1.78. The Morgan fingerprint density at radius 1 is 0.148 bits per heavy atom. The van der Waals surface area contributed by atoms with Crippen LogP contribution >= 0.6 is 0 Å². The van der Waals surface area contributed by atoms with Crippen LogP contribution in [-0.4, -0.2) is 0 Å². The summed E-state index contributed by atoms with van der Waals surface area (Å²) in [4.78, 5) is 0. The second-order valence-corrected chi connectivity index (χ2v) is 39.6. The molecule has 52 aliphatic rings. The van der Waals surface area contributed by atoms with E-state index in [-0.39, 0.29) is 0 Å². The second kappa shape index (κ2) is 1.51. The number of hydrogen-bond acceptors (Lipinski definition) is 0. The van der Waals surface area contributed by atoms with Crippen molar-refractivity contribution < 1.29 is 0 Å². The molecule has 48 atom stereocenters. The highest BCUT2D eigenvalue weighted by Crippen LogP contribution is 4.05. The van der Waals surface area contributed by atoms with E-state index in [4.69, 9.17) is 0 Å². The number of rotatable bonds is 0. The van der Waals surface area contributed by atoms with Crippen LogP contribution in [0.5, 0.6) is 0 Å². The smallest absolute Gasteiger partial charge is 0 e. The van der Waals surface area contributed by atoms with E-state index >= 15 is 0 Å². The van der Waals surface area contributed by atoms with Crippen molar-refractivity contribution in [1.29, 1.82) is 0 Å². The SMILES string of the molecule is C1C2C13C21C32C13C21C32C13C21C32C13C21C32C13C21C32C13C21C32C13C21C32C13C21C32C13C14C56C78C9%10C%11%12C%13%14C%15%16C%17%18C%19%20C%21%22C%23%24C%25%26C%27CC%27%25C%26%23C%24%21C%22%19C%20%17C%18%15C%16%13C%14%11C%129C%107C85C61C243. The Labute approximate surface area is 294 Å². The fraction of sp³-hybridized carbons (Fsp3) is 1.00. The van der Waals surface area contributed by atoms with Crippen LogP contribution < -0.4 is 0 Å². The van der Waals surface area contributed by atoms with Crippen molar-refractivity contribution in [1.82, 2.24) is 0 Å². The molecular weight excluding hydrogens is 649 g/mol. The third-order valence-electron chi connectivity index (χ3n) is 55.0. The molecule has 50 spiro atoms. The molecule has 0 saturated heterocycles. The summed E-state index contributed by atoms with van der Waals surface area (Å²) in [6.45, 7) is 0. The van der Waals surface area contributed by atoms with Gasteiger partial charge in [0.25, 0.3) is 0 Å². The lowest BCUT2D eigenvalue weighted by Gasteiger charge is -2.24. The van der Waals surface area contributed by atoms with Gasteiger partial charge in [-0.15, -0.1) is 0 Å². The Morgan fingerprint density at radius 2 is 0.278 bits per heavy atom. The first-order chi connectivity index (χ1) is 26.9. The summed E-state index contributed by atoms with van der Waals surface area (Å²) in [7, 11) is 0. The summed E-state index contributed by atoms with van der Waals surface area (Å²) < 4.78 is 0. The van der Waals surface area contributed by atoms with Gasteiger partial charge < -0.3 is 0 Å². The van der Waals surface area contributed by atoms with Gasteiger partial charge in [-0.1, -0.05) is 0 Å². The molecule has 0 aromatic heterocycles. The normalized spacial score (nSPS) is 183. The molecule has 0 N–H and O–H groups in total. The lowest BCUT2D eigenvalue weighted by molar-refractivity contribution is 0.216. The molecule has 0 bridgehead atoms. The third kappa shape index (κ3) is 0.210. The molecule has 54 heavy (non-hydrogen) atoms. The molecule has 0 radical (unpaired) electrons. The zero-order valence-corrected chi connectivity index (χ0v) is 27.6. The van der Waals surface area contributed by atoms with Crippen molar-refractivity contribution in [3.05, 3.63) is 43.3 Å². The Morgan fingerprint density at radius 3 is 0.407 bits per heavy atom. The monoisotopic (exact) mass is 654 g/mol.